The Morgan fingerprint density at radius 2 is 1.92 bits per heavy atom. The second-order valence-corrected chi connectivity index (χ2v) is 18.7. The number of hydrogen-bond donors (Lipinski definition) is 0. The maximum atomic E-state index is 5.13. The van der Waals surface area contributed by atoms with Gasteiger partial charge in [0.15, 0.2) is 0 Å². The van der Waals surface area contributed by atoms with E-state index < -0.39 is 18.4 Å². The normalized spacial score (nSPS) is 11.5. The summed E-state index contributed by atoms with van der Waals surface area (Å²) >= 11 is -1.96. The first-order chi connectivity index (χ1) is 5.95. The standard InChI is InChI=1S/C7H8NO.3CH3.Sn/c1-6-3-4-7(9-2)8-5-6;;;;/h4-5H,1-2H3;3*1H3;. The molecule has 0 bridgehead atoms. The number of rotatable bonds is 2. The van der Waals surface area contributed by atoms with Crippen molar-refractivity contribution in [2.75, 3.05) is 7.11 Å². The van der Waals surface area contributed by atoms with E-state index in [1.165, 1.54) is 9.14 Å². The van der Waals surface area contributed by atoms with Gasteiger partial charge in [0.25, 0.3) is 0 Å². The van der Waals surface area contributed by atoms with E-state index in [9.17, 15) is 0 Å². The number of aromatic nitrogens is 1. The molecule has 0 spiro atoms. The van der Waals surface area contributed by atoms with Crippen LogP contribution < -0.4 is 8.32 Å². The molecule has 0 fully saturated rings. The molecule has 0 N–H and O–H groups in total. The second kappa shape index (κ2) is 3.86. The van der Waals surface area contributed by atoms with Crippen LogP contribution in [0.2, 0.25) is 14.8 Å². The zero-order chi connectivity index (χ0) is 10.1. The molecule has 3 heteroatoms. The third kappa shape index (κ3) is 2.59. The quantitative estimate of drug-likeness (QED) is 0.775. The fourth-order valence-electron chi connectivity index (χ4n) is 1.42. The van der Waals surface area contributed by atoms with Gasteiger partial charge in [-0.2, -0.15) is 0 Å². The Bertz CT molecular complexity index is 304. The van der Waals surface area contributed by atoms with Gasteiger partial charge >= 0.3 is 84.2 Å². The molecule has 2 nitrogen and oxygen atoms in total. The van der Waals surface area contributed by atoms with Crippen LogP contribution in [0.5, 0.6) is 5.88 Å². The van der Waals surface area contributed by atoms with Crippen molar-refractivity contribution in [3.63, 3.8) is 0 Å². The van der Waals surface area contributed by atoms with Crippen LogP contribution in [0.15, 0.2) is 12.3 Å². The average Bonchev–Trinajstić information content (AvgIpc) is 2.03. The zero-order valence-corrected chi connectivity index (χ0v) is 11.9. The van der Waals surface area contributed by atoms with Crippen molar-refractivity contribution in [1.82, 2.24) is 4.98 Å². The Morgan fingerprint density at radius 3 is 2.38 bits per heavy atom. The molecule has 0 aliphatic heterocycles. The van der Waals surface area contributed by atoms with E-state index in [0.717, 1.165) is 5.88 Å². The third-order valence-corrected chi connectivity index (χ3v) is 8.24. The molecule has 1 aromatic heterocycles. The molecule has 0 atom stereocenters. The number of methoxy groups -OCH3 is 1. The van der Waals surface area contributed by atoms with Crippen molar-refractivity contribution >= 4 is 22.0 Å². The van der Waals surface area contributed by atoms with Gasteiger partial charge in [-0.25, -0.2) is 0 Å². The second-order valence-electron chi connectivity index (χ2n) is 4.29. The Kier molecular flexibility index (Phi) is 3.22. The Balaban J connectivity index is 3.19. The maximum absolute atomic E-state index is 5.13. The van der Waals surface area contributed by atoms with Gasteiger partial charge in [-0.15, -0.1) is 0 Å². The molecule has 0 aliphatic carbocycles. The first-order valence-corrected chi connectivity index (χ1v) is 14.4. The molecule has 0 amide bonds. The molecule has 1 aromatic rings. The summed E-state index contributed by atoms with van der Waals surface area (Å²) < 4.78 is 6.63. The minimum atomic E-state index is -1.96. The first-order valence-electron chi connectivity index (χ1n) is 4.46. The number of pyridine rings is 1. The van der Waals surface area contributed by atoms with Crippen LogP contribution in [0.3, 0.4) is 0 Å². The molecule has 1 heterocycles. The van der Waals surface area contributed by atoms with Crippen LogP contribution in [-0.4, -0.2) is 30.5 Å². The molecule has 0 saturated carbocycles. The first kappa shape index (κ1) is 10.8. The number of ether oxygens (including phenoxy) is 1. The van der Waals surface area contributed by atoms with Crippen molar-refractivity contribution in [3.8, 4) is 5.88 Å². The summed E-state index contributed by atoms with van der Waals surface area (Å²) in [6.45, 7) is 2.13. The van der Waals surface area contributed by atoms with Gasteiger partial charge in [-0.3, -0.25) is 0 Å². The van der Waals surface area contributed by atoms with Crippen molar-refractivity contribution in [1.29, 1.82) is 0 Å². The van der Waals surface area contributed by atoms with Gasteiger partial charge < -0.3 is 0 Å². The van der Waals surface area contributed by atoms with Crippen molar-refractivity contribution in [2.24, 2.45) is 0 Å². The third-order valence-electron chi connectivity index (χ3n) is 2.10. The summed E-state index contributed by atoms with van der Waals surface area (Å²) in [6.07, 6.45) is 1.91. The van der Waals surface area contributed by atoms with Crippen LogP contribution in [0, 0.1) is 6.92 Å². The number of aryl methyl sites for hydroxylation is 1. The summed E-state index contributed by atoms with van der Waals surface area (Å²) in [6, 6.07) is 2.10. The van der Waals surface area contributed by atoms with E-state index >= 15 is 0 Å². The van der Waals surface area contributed by atoms with Crippen molar-refractivity contribution < 1.29 is 4.74 Å². The fraction of sp³-hybridized carbons (Fsp3) is 0.500. The molecule has 0 radical (unpaired) electrons. The van der Waals surface area contributed by atoms with E-state index in [4.69, 9.17) is 4.74 Å². The summed E-state index contributed by atoms with van der Waals surface area (Å²) in [4.78, 5) is 11.4. The van der Waals surface area contributed by atoms with Crippen LogP contribution in [0.1, 0.15) is 5.56 Å². The predicted molar refractivity (Wildman–Crippen MR) is 58.5 cm³/mol. The molecule has 0 unspecified atom stereocenters. The van der Waals surface area contributed by atoms with Gasteiger partial charge in [-0.05, 0) is 0 Å². The van der Waals surface area contributed by atoms with Crippen LogP contribution >= 0.6 is 0 Å². The Morgan fingerprint density at radius 1 is 1.31 bits per heavy atom. The number of hydrogen-bond acceptors (Lipinski definition) is 2. The van der Waals surface area contributed by atoms with Crippen molar-refractivity contribution in [2.45, 2.75) is 21.7 Å². The fourth-order valence-corrected chi connectivity index (χ4v) is 6.57. The van der Waals surface area contributed by atoms with E-state index in [-0.39, 0.29) is 0 Å². The van der Waals surface area contributed by atoms with E-state index in [0.29, 0.717) is 0 Å². The van der Waals surface area contributed by atoms with Gasteiger partial charge in [0.05, 0.1) is 0 Å². The van der Waals surface area contributed by atoms with Gasteiger partial charge in [0, 0.05) is 0 Å². The van der Waals surface area contributed by atoms with E-state index in [1.54, 1.807) is 7.11 Å². The molecule has 0 aliphatic rings. The zero-order valence-electron chi connectivity index (χ0n) is 9.01. The molecule has 13 heavy (non-hydrogen) atoms. The van der Waals surface area contributed by atoms with E-state index in [1.807, 2.05) is 6.20 Å². The number of nitrogens with zero attached hydrogens (tertiary/aromatic N) is 1. The average molecular weight is 286 g/mol. The summed E-state index contributed by atoms with van der Waals surface area (Å²) in [5.41, 5.74) is 1.31. The molecular formula is C10H17NOSn. The van der Waals surface area contributed by atoms with Crippen LogP contribution in [-0.2, 0) is 0 Å². The SMILES string of the molecule is COc1c[c]([Sn]([CH3])([CH3])[CH3])c(C)cn1. The van der Waals surface area contributed by atoms with Gasteiger partial charge in [0.2, 0.25) is 0 Å². The summed E-state index contributed by atoms with van der Waals surface area (Å²) in [5.74, 6) is 0.743. The topological polar surface area (TPSA) is 22.1 Å². The molecule has 0 aromatic carbocycles. The van der Waals surface area contributed by atoms with Gasteiger partial charge in [-0.1, -0.05) is 0 Å². The molecule has 0 saturated heterocycles. The summed E-state index contributed by atoms with van der Waals surface area (Å²) in [7, 11) is 1.67. The summed E-state index contributed by atoms with van der Waals surface area (Å²) in [5, 5.41) is 0. The van der Waals surface area contributed by atoms with E-state index in [2.05, 4.69) is 32.8 Å². The van der Waals surface area contributed by atoms with Crippen molar-refractivity contribution in [3.05, 3.63) is 17.8 Å². The molecule has 1 rings (SSSR count). The molecule has 72 valence electrons. The molecular weight excluding hydrogens is 269 g/mol. The Labute approximate surface area is 84.2 Å². The minimum absolute atomic E-state index is 0.743. The monoisotopic (exact) mass is 287 g/mol. The van der Waals surface area contributed by atoms with Crippen LogP contribution in [0.25, 0.3) is 0 Å². The van der Waals surface area contributed by atoms with Crippen LogP contribution in [0.4, 0.5) is 0 Å². The predicted octanol–water partition coefficient (Wildman–Crippen LogP) is 1.94. The Hall–Kier alpha value is -0.251. The van der Waals surface area contributed by atoms with Gasteiger partial charge in [0.1, 0.15) is 0 Å².